The van der Waals surface area contributed by atoms with E-state index >= 15 is 0 Å². The number of rotatable bonds is 7. The second kappa shape index (κ2) is 7.97. The highest BCUT2D eigenvalue weighted by atomic mass is 19.1. The molecule has 0 radical (unpaired) electrons. The van der Waals surface area contributed by atoms with Gasteiger partial charge in [-0.25, -0.2) is 4.39 Å². The molecule has 1 aromatic carbocycles. The van der Waals surface area contributed by atoms with E-state index in [4.69, 9.17) is 4.42 Å². The first-order valence-electron chi connectivity index (χ1n) is 6.96. The number of halogens is 1. The Bertz CT molecular complexity index is 609. The van der Waals surface area contributed by atoms with Gasteiger partial charge in [0, 0.05) is 19.5 Å². The fraction of sp³-hybridized carbons (Fsp3) is 0.250. The molecule has 0 unspecified atom stereocenters. The number of carbonyl (C=O) groups excluding carboxylic acids is 2. The van der Waals surface area contributed by atoms with Crippen LogP contribution < -0.4 is 10.6 Å². The van der Waals surface area contributed by atoms with Crippen LogP contribution in [0.15, 0.2) is 47.3 Å². The molecule has 0 aliphatic carbocycles. The third kappa shape index (κ3) is 5.05. The van der Waals surface area contributed by atoms with Gasteiger partial charge in [0.25, 0.3) is 5.91 Å². The highest BCUT2D eigenvalue weighted by molar-refractivity contribution is 5.93. The zero-order valence-corrected chi connectivity index (χ0v) is 12.0. The van der Waals surface area contributed by atoms with Gasteiger partial charge < -0.3 is 15.1 Å². The Morgan fingerprint density at radius 3 is 2.50 bits per heavy atom. The minimum absolute atomic E-state index is 0.144. The largest absolute Gasteiger partial charge is 0.472 e. The Morgan fingerprint density at radius 1 is 1.05 bits per heavy atom. The predicted molar refractivity (Wildman–Crippen MR) is 78.8 cm³/mol. The summed E-state index contributed by atoms with van der Waals surface area (Å²) < 4.78 is 17.5. The van der Waals surface area contributed by atoms with Gasteiger partial charge >= 0.3 is 0 Å². The summed E-state index contributed by atoms with van der Waals surface area (Å²) in [7, 11) is 0. The van der Waals surface area contributed by atoms with Crippen molar-refractivity contribution >= 4 is 11.8 Å². The lowest BCUT2D eigenvalue weighted by molar-refractivity contribution is -0.120. The van der Waals surface area contributed by atoms with Gasteiger partial charge in [-0.05, 0) is 30.2 Å². The molecule has 0 spiro atoms. The number of nitrogens with one attached hydrogen (secondary N) is 2. The van der Waals surface area contributed by atoms with Gasteiger partial charge in [0.05, 0.1) is 11.8 Å². The van der Waals surface area contributed by atoms with Gasteiger partial charge in [-0.1, -0.05) is 12.1 Å². The average Bonchev–Trinajstić information content (AvgIpc) is 3.03. The number of carbonyl (C=O) groups is 2. The highest BCUT2D eigenvalue weighted by Crippen LogP contribution is 2.02. The number of benzene rings is 1. The van der Waals surface area contributed by atoms with Gasteiger partial charge in [0.1, 0.15) is 12.1 Å². The Morgan fingerprint density at radius 2 is 1.82 bits per heavy atom. The second-order valence-corrected chi connectivity index (χ2v) is 4.74. The van der Waals surface area contributed by atoms with E-state index in [1.165, 1.54) is 24.7 Å². The van der Waals surface area contributed by atoms with Crippen molar-refractivity contribution in [1.82, 2.24) is 10.6 Å². The first kappa shape index (κ1) is 15.8. The molecular formula is C16H17FN2O3. The zero-order valence-electron chi connectivity index (χ0n) is 12.0. The summed E-state index contributed by atoms with van der Waals surface area (Å²) in [6.45, 7) is 0.729. The van der Waals surface area contributed by atoms with E-state index < -0.39 is 0 Å². The molecule has 6 heteroatoms. The van der Waals surface area contributed by atoms with Crippen LogP contribution in [-0.2, 0) is 11.2 Å². The lowest BCUT2D eigenvalue weighted by atomic mass is 10.1. The molecule has 2 N–H and O–H groups in total. The Labute approximate surface area is 127 Å². The molecule has 2 amide bonds. The van der Waals surface area contributed by atoms with Crippen LogP contribution in [-0.4, -0.2) is 24.9 Å². The minimum atomic E-state index is -0.277. The lowest BCUT2D eigenvalue weighted by Crippen LogP contribution is -2.31. The molecule has 0 aliphatic heterocycles. The van der Waals surface area contributed by atoms with E-state index in [-0.39, 0.29) is 30.6 Å². The topological polar surface area (TPSA) is 71.3 Å². The Kier molecular flexibility index (Phi) is 5.71. The van der Waals surface area contributed by atoms with Crippen LogP contribution in [0.5, 0.6) is 0 Å². The molecular weight excluding hydrogens is 287 g/mol. The third-order valence-corrected chi connectivity index (χ3v) is 3.07. The maximum Gasteiger partial charge on any atom is 0.254 e. The van der Waals surface area contributed by atoms with Crippen LogP contribution in [0.1, 0.15) is 22.3 Å². The molecule has 0 aliphatic rings. The summed E-state index contributed by atoms with van der Waals surface area (Å²) in [4.78, 5) is 23.2. The van der Waals surface area contributed by atoms with E-state index in [0.717, 1.165) is 5.56 Å². The van der Waals surface area contributed by atoms with Crippen LogP contribution in [0.3, 0.4) is 0 Å². The Hall–Kier alpha value is -2.63. The zero-order chi connectivity index (χ0) is 15.8. The third-order valence-electron chi connectivity index (χ3n) is 3.07. The second-order valence-electron chi connectivity index (χ2n) is 4.74. The van der Waals surface area contributed by atoms with Gasteiger partial charge in [0.2, 0.25) is 5.91 Å². The smallest absolute Gasteiger partial charge is 0.254 e. The van der Waals surface area contributed by atoms with Gasteiger partial charge in [0.15, 0.2) is 0 Å². The van der Waals surface area contributed by atoms with E-state index in [0.29, 0.717) is 18.5 Å². The number of hydrogen-bond acceptors (Lipinski definition) is 3. The molecule has 5 nitrogen and oxygen atoms in total. The summed E-state index contributed by atoms with van der Waals surface area (Å²) in [6, 6.07) is 7.71. The van der Waals surface area contributed by atoms with Gasteiger partial charge in [-0.2, -0.15) is 0 Å². The first-order valence-corrected chi connectivity index (χ1v) is 6.96. The van der Waals surface area contributed by atoms with Crippen LogP contribution in [0, 0.1) is 5.82 Å². The van der Waals surface area contributed by atoms with Crippen molar-refractivity contribution in [3.8, 4) is 0 Å². The first-order chi connectivity index (χ1) is 10.6. The van der Waals surface area contributed by atoms with Gasteiger partial charge in [-0.15, -0.1) is 0 Å². The van der Waals surface area contributed by atoms with Crippen molar-refractivity contribution < 1.29 is 18.4 Å². The molecule has 1 aromatic heterocycles. The summed E-state index contributed by atoms with van der Waals surface area (Å²) in [5.41, 5.74) is 1.38. The van der Waals surface area contributed by atoms with Gasteiger partial charge in [-0.3, -0.25) is 9.59 Å². The number of furan rings is 1. The molecule has 116 valence electrons. The molecule has 0 bridgehead atoms. The number of amides is 2. The lowest BCUT2D eigenvalue weighted by Gasteiger charge is -2.06. The van der Waals surface area contributed by atoms with E-state index in [2.05, 4.69) is 10.6 Å². The molecule has 22 heavy (non-hydrogen) atoms. The summed E-state index contributed by atoms with van der Waals surface area (Å²) in [5.74, 6) is -0.691. The average molecular weight is 304 g/mol. The SMILES string of the molecule is O=C(CCNC(=O)c1ccoc1)NCCc1ccc(F)cc1. The fourth-order valence-corrected chi connectivity index (χ4v) is 1.87. The maximum absolute atomic E-state index is 12.7. The van der Waals surface area contributed by atoms with Crippen LogP contribution in [0.25, 0.3) is 0 Å². The van der Waals surface area contributed by atoms with Crippen molar-refractivity contribution in [2.75, 3.05) is 13.1 Å². The van der Waals surface area contributed by atoms with E-state index in [9.17, 15) is 14.0 Å². The molecule has 0 atom stereocenters. The Balaban J connectivity index is 1.60. The number of hydrogen-bond donors (Lipinski definition) is 2. The van der Waals surface area contributed by atoms with E-state index in [1.54, 1.807) is 18.2 Å². The highest BCUT2D eigenvalue weighted by Gasteiger charge is 2.07. The predicted octanol–water partition coefficient (Wildman–Crippen LogP) is 1.90. The molecule has 2 aromatic rings. The molecule has 1 heterocycles. The minimum Gasteiger partial charge on any atom is -0.472 e. The van der Waals surface area contributed by atoms with Crippen LogP contribution in [0.4, 0.5) is 4.39 Å². The van der Waals surface area contributed by atoms with Crippen molar-refractivity contribution in [2.45, 2.75) is 12.8 Å². The maximum atomic E-state index is 12.7. The van der Waals surface area contributed by atoms with Crippen LogP contribution in [0.2, 0.25) is 0 Å². The molecule has 0 saturated heterocycles. The summed E-state index contributed by atoms with van der Waals surface area (Å²) in [6.07, 6.45) is 3.59. The monoisotopic (exact) mass is 304 g/mol. The van der Waals surface area contributed by atoms with Crippen LogP contribution >= 0.6 is 0 Å². The normalized spacial score (nSPS) is 10.2. The standard InChI is InChI=1S/C16H17FN2O3/c17-14-3-1-12(2-4-14)5-8-18-15(20)6-9-19-16(21)13-7-10-22-11-13/h1-4,7,10-11H,5-6,8-9H2,(H,18,20)(H,19,21). The summed E-state index contributed by atoms with van der Waals surface area (Å²) in [5, 5.41) is 5.38. The van der Waals surface area contributed by atoms with Crippen molar-refractivity contribution in [3.63, 3.8) is 0 Å². The van der Waals surface area contributed by atoms with Crippen molar-refractivity contribution in [2.24, 2.45) is 0 Å². The van der Waals surface area contributed by atoms with Crippen molar-refractivity contribution in [1.29, 1.82) is 0 Å². The van der Waals surface area contributed by atoms with E-state index in [1.807, 2.05) is 0 Å². The summed E-state index contributed by atoms with van der Waals surface area (Å²) >= 11 is 0. The molecule has 0 saturated carbocycles. The molecule has 2 rings (SSSR count). The fourth-order valence-electron chi connectivity index (χ4n) is 1.87. The quantitative estimate of drug-likeness (QED) is 0.820. The molecule has 0 fully saturated rings. The van der Waals surface area contributed by atoms with Crippen molar-refractivity contribution in [3.05, 3.63) is 59.8 Å².